The summed E-state index contributed by atoms with van der Waals surface area (Å²) in [7, 11) is -1.86. The average Bonchev–Trinajstić information content (AvgIpc) is 3.36. The Morgan fingerprint density at radius 3 is 2.31 bits per heavy atom. The van der Waals surface area contributed by atoms with Crippen molar-refractivity contribution < 1.29 is 4.43 Å². The van der Waals surface area contributed by atoms with Crippen LogP contribution in [0.1, 0.15) is 74.8 Å². The number of hydrogen-bond donors (Lipinski definition) is 1. The van der Waals surface area contributed by atoms with Gasteiger partial charge in [-0.1, -0.05) is 56.3 Å². The number of thiazole rings is 1. The van der Waals surface area contributed by atoms with Gasteiger partial charge in [0, 0.05) is 27.8 Å². The number of nitriles is 2. The van der Waals surface area contributed by atoms with Crippen molar-refractivity contribution >= 4 is 48.8 Å². The highest BCUT2D eigenvalue weighted by Gasteiger charge is 2.40. The molecule has 0 radical (unpaired) electrons. The van der Waals surface area contributed by atoms with Gasteiger partial charge in [-0.15, -0.1) is 11.3 Å². The monoisotopic (exact) mass is 595 g/mol. The van der Waals surface area contributed by atoms with Crippen LogP contribution in [0.5, 0.6) is 0 Å². The Balaban J connectivity index is 1.52. The number of thioether (sulfide) groups is 1. The van der Waals surface area contributed by atoms with Crippen LogP contribution >= 0.6 is 34.7 Å². The van der Waals surface area contributed by atoms with Crippen molar-refractivity contribution in [1.29, 1.82) is 10.5 Å². The molecule has 1 aliphatic rings. The maximum absolute atomic E-state index is 10.2. The van der Waals surface area contributed by atoms with Gasteiger partial charge >= 0.3 is 0 Å². The van der Waals surface area contributed by atoms with E-state index in [9.17, 15) is 10.5 Å². The smallest absolute Gasteiger partial charge is 0.192 e. The number of nitrogens with zero attached hydrogens (tertiary/aromatic N) is 4. The number of anilines is 1. The average molecular weight is 596 g/mol. The number of nitrogen functional groups attached to an aromatic ring is 1. The van der Waals surface area contributed by atoms with Crippen molar-refractivity contribution in [3.05, 3.63) is 57.1 Å². The van der Waals surface area contributed by atoms with Crippen LogP contribution in [0, 0.1) is 22.7 Å². The molecule has 1 fully saturated rings. The third-order valence-electron chi connectivity index (χ3n) is 7.80. The fraction of sp³-hybridized carbons (Fsp3) is 0.448. The first-order valence-electron chi connectivity index (χ1n) is 13.1. The number of hydrogen-bond acceptors (Lipinski definition) is 8. The number of benzene rings is 1. The highest BCUT2D eigenvalue weighted by Crippen LogP contribution is 2.44. The third kappa shape index (κ3) is 6.67. The van der Waals surface area contributed by atoms with Gasteiger partial charge < -0.3 is 10.2 Å². The molecule has 0 amide bonds. The Morgan fingerprint density at radius 1 is 1.08 bits per heavy atom. The van der Waals surface area contributed by atoms with E-state index in [1.54, 1.807) is 11.3 Å². The lowest BCUT2D eigenvalue weighted by atomic mass is 9.79. The zero-order chi connectivity index (χ0) is 28.4. The molecule has 0 aliphatic heterocycles. The molecule has 6 nitrogen and oxygen atoms in total. The summed E-state index contributed by atoms with van der Waals surface area (Å²) in [5.41, 5.74) is 9.74. The van der Waals surface area contributed by atoms with Gasteiger partial charge in [0.25, 0.3) is 0 Å². The first kappa shape index (κ1) is 29.6. The normalized spacial score (nSPS) is 17.9. The molecular formula is C29H34ClN5OS2Si. The number of pyridine rings is 1. The molecule has 0 atom stereocenters. The van der Waals surface area contributed by atoms with E-state index in [-0.39, 0.29) is 22.9 Å². The van der Waals surface area contributed by atoms with Gasteiger partial charge in [0.15, 0.2) is 8.32 Å². The van der Waals surface area contributed by atoms with Gasteiger partial charge in [0.05, 0.1) is 16.8 Å². The maximum Gasteiger partial charge on any atom is 0.192 e. The van der Waals surface area contributed by atoms with Crippen LogP contribution in [0.2, 0.25) is 23.2 Å². The van der Waals surface area contributed by atoms with Crippen LogP contribution in [-0.4, -0.2) is 24.4 Å². The van der Waals surface area contributed by atoms with Crippen LogP contribution < -0.4 is 5.73 Å². The molecule has 0 unspecified atom stereocenters. The summed E-state index contributed by atoms with van der Waals surface area (Å²) in [6.07, 6.45) is 3.73. The Kier molecular flexibility index (Phi) is 9.10. The molecule has 204 valence electrons. The molecule has 3 aromatic rings. The van der Waals surface area contributed by atoms with E-state index in [1.165, 1.54) is 11.8 Å². The molecule has 1 aromatic carbocycles. The summed E-state index contributed by atoms with van der Waals surface area (Å²) in [6.45, 7) is 11.3. The fourth-order valence-electron chi connectivity index (χ4n) is 4.64. The van der Waals surface area contributed by atoms with Gasteiger partial charge in [-0.3, -0.25) is 0 Å². The standard InChI is InChI=1S/C29H34ClN5OS2Si/c1-29(2,3)39(4,5)36-22-12-8-18(9-13-22)25-23(14-31)26(33)35-28(24(25)15-32)38-17-21-16-37-27(34-21)19-6-10-20(30)11-7-19/h6-7,10-11,16,18,22H,8-9,12-13,17H2,1-5H3,(H2,33,35)/t18-,22+. The van der Waals surface area contributed by atoms with Gasteiger partial charge in [-0.25, -0.2) is 9.97 Å². The van der Waals surface area contributed by atoms with E-state index in [0.29, 0.717) is 26.9 Å². The van der Waals surface area contributed by atoms with Crippen LogP contribution in [0.4, 0.5) is 5.82 Å². The van der Waals surface area contributed by atoms with Crippen molar-refractivity contribution in [2.75, 3.05) is 5.73 Å². The fourth-order valence-corrected chi connectivity index (χ4v) is 8.02. The van der Waals surface area contributed by atoms with Crippen molar-refractivity contribution in [1.82, 2.24) is 9.97 Å². The second-order valence-electron chi connectivity index (χ2n) is 11.5. The molecular weight excluding hydrogens is 562 g/mol. The topological polar surface area (TPSA) is 109 Å². The second-order valence-corrected chi connectivity index (χ2v) is 18.5. The molecule has 39 heavy (non-hydrogen) atoms. The van der Waals surface area contributed by atoms with E-state index < -0.39 is 8.32 Å². The molecule has 2 heterocycles. The third-order valence-corrected chi connectivity index (χ3v) is 14.5. The van der Waals surface area contributed by atoms with Gasteiger partial charge in [-0.05, 0) is 67.4 Å². The zero-order valence-corrected chi connectivity index (χ0v) is 26.4. The lowest BCUT2D eigenvalue weighted by Gasteiger charge is -2.41. The van der Waals surface area contributed by atoms with Crippen LogP contribution in [-0.2, 0) is 10.2 Å². The minimum absolute atomic E-state index is 0.0778. The predicted molar refractivity (Wildman–Crippen MR) is 163 cm³/mol. The molecule has 2 aromatic heterocycles. The molecule has 0 spiro atoms. The molecule has 0 bridgehead atoms. The van der Waals surface area contributed by atoms with Gasteiger partial charge in [0.2, 0.25) is 0 Å². The maximum atomic E-state index is 10.2. The highest BCUT2D eigenvalue weighted by atomic mass is 35.5. The van der Waals surface area contributed by atoms with Crippen molar-refractivity contribution in [3.8, 4) is 22.7 Å². The largest absolute Gasteiger partial charge is 0.414 e. The summed E-state index contributed by atoms with van der Waals surface area (Å²) >= 11 is 9.02. The lowest BCUT2D eigenvalue weighted by Crippen LogP contribution is -2.44. The van der Waals surface area contributed by atoms with E-state index >= 15 is 0 Å². The summed E-state index contributed by atoms with van der Waals surface area (Å²) < 4.78 is 6.67. The summed E-state index contributed by atoms with van der Waals surface area (Å²) in [4.78, 5) is 9.24. The van der Waals surface area contributed by atoms with Crippen molar-refractivity contribution in [3.63, 3.8) is 0 Å². The second kappa shape index (κ2) is 12.0. The Hall–Kier alpha value is -2.40. The minimum atomic E-state index is -1.86. The van der Waals surface area contributed by atoms with Gasteiger partial charge in [0.1, 0.15) is 28.0 Å². The molecule has 1 aliphatic carbocycles. The SMILES string of the molecule is CC(C)(C)[Si](C)(C)O[C@H]1CC[C@@H](c2c(C#N)c(N)nc(SCc3csc(-c4ccc(Cl)cc4)n3)c2C#N)CC1. The van der Waals surface area contributed by atoms with Crippen LogP contribution in [0.3, 0.4) is 0 Å². The number of nitrogens with two attached hydrogens (primary N) is 1. The summed E-state index contributed by atoms with van der Waals surface area (Å²) in [6, 6.07) is 12.2. The minimum Gasteiger partial charge on any atom is -0.414 e. The molecule has 0 saturated heterocycles. The van der Waals surface area contributed by atoms with E-state index in [1.807, 2.05) is 29.6 Å². The molecule has 2 N–H and O–H groups in total. The van der Waals surface area contributed by atoms with E-state index in [4.69, 9.17) is 26.7 Å². The van der Waals surface area contributed by atoms with Crippen LogP contribution in [0.15, 0.2) is 34.7 Å². The molecule has 4 rings (SSSR count). The van der Waals surface area contributed by atoms with Crippen molar-refractivity contribution in [2.45, 2.75) is 87.4 Å². The Morgan fingerprint density at radius 2 is 1.72 bits per heavy atom. The molecule has 1 saturated carbocycles. The number of halogens is 1. The summed E-state index contributed by atoms with van der Waals surface area (Å²) in [5, 5.41) is 24.5. The lowest BCUT2D eigenvalue weighted by molar-refractivity contribution is 0.130. The first-order chi connectivity index (χ1) is 18.4. The zero-order valence-electron chi connectivity index (χ0n) is 23.0. The predicted octanol–water partition coefficient (Wildman–Crippen LogP) is 8.52. The Bertz CT molecular complexity index is 1410. The quantitative estimate of drug-likeness (QED) is 0.215. The Labute approximate surface area is 245 Å². The summed E-state index contributed by atoms with van der Waals surface area (Å²) in [5.74, 6) is 0.812. The van der Waals surface area contributed by atoms with Gasteiger partial charge in [-0.2, -0.15) is 10.5 Å². The first-order valence-corrected chi connectivity index (χ1v) is 18.2. The highest BCUT2D eigenvalue weighted by molar-refractivity contribution is 7.98. The van der Waals surface area contributed by atoms with E-state index in [2.05, 4.69) is 51.0 Å². The number of rotatable bonds is 7. The van der Waals surface area contributed by atoms with E-state index in [0.717, 1.165) is 47.5 Å². The molecule has 10 heteroatoms. The van der Waals surface area contributed by atoms with Crippen LogP contribution in [0.25, 0.3) is 10.6 Å². The number of aromatic nitrogens is 2. The van der Waals surface area contributed by atoms with Crippen molar-refractivity contribution in [2.24, 2.45) is 0 Å².